The number of anilines is 1. The van der Waals surface area contributed by atoms with Crippen molar-refractivity contribution >= 4 is 17.8 Å². The Morgan fingerprint density at radius 1 is 0.857 bits per heavy atom. The molecule has 1 N–H and O–H groups in total. The fourth-order valence-electron chi connectivity index (χ4n) is 3.98. The van der Waals surface area contributed by atoms with Crippen LogP contribution in [0.4, 0.5) is 14.9 Å². The molecule has 0 spiro atoms. The van der Waals surface area contributed by atoms with E-state index in [-0.39, 0.29) is 18.3 Å². The van der Waals surface area contributed by atoms with Crippen molar-refractivity contribution in [2.45, 2.75) is 6.04 Å². The molecule has 0 aromatic heterocycles. The number of rotatable bonds is 8. The molecule has 0 fully saturated rings. The van der Waals surface area contributed by atoms with E-state index in [1.54, 1.807) is 30.2 Å². The Morgan fingerprint density at radius 3 is 2.06 bits per heavy atom. The van der Waals surface area contributed by atoms with Gasteiger partial charge in [0.25, 0.3) is 0 Å². The Labute approximate surface area is 205 Å². The van der Waals surface area contributed by atoms with Crippen LogP contribution in [-0.4, -0.2) is 24.6 Å². The molecule has 4 nitrogen and oxygen atoms in total. The first-order valence-corrected chi connectivity index (χ1v) is 11.4. The van der Waals surface area contributed by atoms with Crippen LogP contribution in [-0.2, 0) is 0 Å². The number of ether oxygens (including phenoxy) is 1. The van der Waals surface area contributed by atoms with Crippen LogP contribution in [0, 0.1) is 5.82 Å². The van der Waals surface area contributed by atoms with Gasteiger partial charge < -0.3 is 15.0 Å². The maximum atomic E-state index is 14.4. The number of amides is 2. The molecule has 0 aliphatic carbocycles. The summed E-state index contributed by atoms with van der Waals surface area (Å²) in [5.41, 5.74) is 2.94. The molecule has 0 saturated carbocycles. The molecule has 4 aromatic rings. The first-order valence-electron chi connectivity index (χ1n) is 11.4. The van der Waals surface area contributed by atoms with Gasteiger partial charge in [-0.2, -0.15) is 0 Å². The number of nitrogens with one attached hydrogen (secondary N) is 1. The first-order chi connectivity index (χ1) is 17.2. The Hall–Kier alpha value is -4.38. The average molecular weight is 467 g/mol. The maximum Gasteiger partial charge on any atom is 0.322 e. The molecule has 5 heteroatoms. The number of hydrogen-bond acceptors (Lipinski definition) is 2. The molecule has 0 unspecified atom stereocenters. The van der Waals surface area contributed by atoms with E-state index in [2.05, 4.69) is 5.32 Å². The van der Waals surface area contributed by atoms with Gasteiger partial charge in [-0.15, -0.1) is 0 Å². The monoisotopic (exact) mass is 466 g/mol. The van der Waals surface area contributed by atoms with E-state index in [9.17, 15) is 9.18 Å². The van der Waals surface area contributed by atoms with E-state index < -0.39 is 11.8 Å². The highest BCUT2D eigenvalue weighted by Crippen LogP contribution is 2.30. The zero-order chi connectivity index (χ0) is 24.5. The van der Waals surface area contributed by atoms with Gasteiger partial charge in [-0.25, -0.2) is 9.18 Å². The smallest absolute Gasteiger partial charge is 0.322 e. The van der Waals surface area contributed by atoms with Crippen molar-refractivity contribution in [3.63, 3.8) is 0 Å². The number of carbonyl (C=O) groups is 1. The second-order valence-corrected chi connectivity index (χ2v) is 7.93. The molecule has 0 aliphatic heterocycles. The van der Waals surface area contributed by atoms with Crippen molar-refractivity contribution in [3.8, 4) is 5.75 Å². The van der Waals surface area contributed by atoms with Crippen LogP contribution in [0.25, 0.3) is 6.08 Å². The van der Waals surface area contributed by atoms with Crippen molar-refractivity contribution < 1.29 is 13.9 Å². The summed E-state index contributed by atoms with van der Waals surface area (Å²) < 4.78 is 19.8. The quantitative estimate of drug-likeness (QED) is 0.299. The van der Waals surface area contributed by atoms with Gasteiger partial charge in [0.2, 0.25) is 0 Å². The highest BCUT2D eigenvalue weighted by Gasteiger charge is 2.26. The summed E-state index contributed by atoms with van der Waals surface area (Å²) in [6.45, 7) is 0.285. The van der Waals surface area contributed by atoms with Crippen LogP contribution in [0.15, 0.2) is 115 Å². The predicted molar refractivity (Wildman–Crippen MR) is 139 cm³/mol. The molecule has 4 aromatic carbocycles. The molecule has 0 aliphatic rings. The lowest BCUT2D eigenvalue weighted by Gasteiger charge is -2.32. The molecular formula is C30H27FN2O2. The van der Waals surface area contributed by atoms with Crippen molar-refractivity contribution in [1.82, 2.24) is 4.90 Å². The lowest BCUT2D eigenvalue weighted by atomic mass is 9.97. The molecule has 2 amide bonds. The van der Waals surface area contributed by atoms with Crippen LogP contribution < -0.4 is 10.1 Å². The van der Waals surface area contributed by atoms with Crippen LogP contribution in [0.3, 0.4) is 0 Å². The maximum absolute atomic E-state index is 14.4. The Kier molecular flexibility index (Phi) is 7.92. The van der Waals surface area contributed by atoms with Crippen molar-refractivity contribution in [3.05, 3.63) is 138 Å². The van der Waals surface area contributed by atoms with E-state index in [0.29, 0.717) is 0 Å². The number of hydrogen-bond donors (Lipinski definition) is 1. The third-order valence-corrected chi connectivity index (χ3v) is 5.66. The SMILES string of the molecule is COc1ccccc1/C=C/CN(C(=O)Nc1ccccc1F)C(c1ccccc1)c1ccccc1. The number of benzene rings is 4. The van der Waals surface area contributed by atoms with Gasteiger partial charge in [0.15, 0.2) is 0 Å². The highest BCUT2D eigenvalue weighted by atomic mass is 19.1. The number of urea groups is 1. The van der Waals surface area contributed by atoms with Crippen LogP contribution in [0.2, 0.25) is 0 Å². The minimum Gasteiger partial charge on any atom is -0.496 e. The average Bonchev–Trinajstić information content (AvgIpc) is 2.91. The summed E-state index contributed by atoms with van der Waals surface area (Å²) in [7, 11) is 1.63. The molecule has 0 saturated heterocycles. The van der Waals surface area contributed by atoms with Crippen LogP contribution >= 0.6 is 0 Å². The zero-order valence-corrected chi connectivity index (χ0v) is 19.5. The molecule has 4 rings (SSSR count). The number of para-hydroxylation sites is 2. The third kappa shape index (κ3) is 5.95. The summed E-state index contributed by atoms with van der Waals surface area (Å²) in [5.74, 6) is 0.259. The summed E-state index contributed by atoms with van der Waals surface area (Å²) in [6, 6.07) is 32.7. The molecule has 35 heavy (non-hydrogen) atoms. The number of nitrogens with zero attached hydrogens (tertiary/aromatic N) is 1. The Morgan fingerprint density at radius 2 is 1.43 bits per heavy atom. The van der Waals surface area contributed by atoms with E-state index in [0.717, 1.165) is 22.4 Å². The molecule has 0 heterocycles. The normalized spacial score (nSPS) is 10.9. The molecule has 0 radical (unpaired) electrons. The third-order valence-electron chi connectivity index (χ3n) is 5.66. The van der Waals surface area contributed by atoms with Gasteiger partial charge in [0, 0.05) is 12.1 Å². The Balaban J connectivity index is 1.72. The van der Waals surface area contributed by atoms with E-state index in [1.807, 2.05) is 97.1 Å². The van der Waals surface area contributed by atoms with Gasteiger partial charge in [-0.3, -0.25) is 0 Å². The summed E-state index contributed by atoms with van der Waals surface area (Å²) >= 11 is 0. The van der Waals surface area contributed by atoms with Crippen molar-refractivity contribution in [2.75, 3.05) is 19.0 Å². The lowest BCUT2D eigenvalue weighted by molar-refractivity contribution is 0.205. The van der Waals surface area contributed by atoms with Gasteiger partial charge in [-0.05, 0) is 29.3 Å². The molecule has 0 atom stereocenters. The number of halogens is 1. The molecular weight excluding hydrogens is 439 g/mol. The minimum absolute atomic E-state index is 0.135. The lowest BCUT2D eigenvalue weighted by Crippen LogP contribution is -2.39. The van der Waals surface area contributed by atoms with Crippen LogP contribution in [0.1, 0.15) is 22.7 Å². The minimum atomic E-state index is -0.485. The van der Waals surface area contributed by atoms with Gasteiger partial charge >= 0.3 is 6.03 Å². The fraction of sp³-hybridized carbons (Fsp3) is 0.100. The summed E-state index contributed by atoms with van der Waals surface area (Å²) in [5, 5.41) is 2.75. The van der Waals surface area contributed by atoms with E-state index in [1.165, 1.54) is 6.07 Å². The van der Waals surface area contributed by atoms with Gasteiger partial charge in [0.05, 0.1) is 18.8 Å². The number of methoxy groups -OCH3 is 1. The van der Waals surface area contributed by atoms with Crippen molar-refractivity contribution in [1.29, 1.82) is 0 Å². The Bertz CT molecular complexity index is 1240. The molecule has 176 valence electrons. The standard InChI is InChI=1S/C30H27FN2O2/c1-35-28-21-11-8-13-23(28)18-12-22-33(30(34)32-27-20-10-9-19-26(27)31)29(24-14-4-2-5-15-24)25-16-6-3-7-17-25/h2-21,29H,22H2,1H3,(H,32,34)/b18-12+. The number of carbonyl (C=O) groups excluding carboxylic acids is 1. The van der Waals surface area contributed by atoms with Crippen molar-refractivity contribution in [2.24, 2.45) is 0 Å². The summed E-state index contributed by atoms with van der Waals surface area (Å²) in [6.07, 6.45) is 3.84. The topological polar surface area (TPSA) is 41.6 Å². The largest absolute Gasteiger partial charge is 0.496 e. The highest BCUT2D eigenvalue weighted by molar-refractivity contribution is 5.90. The first kappa shape index (κ1) is 23.8. The van der Waals surface area contributed by atoms with Crippen LogP contribution in [0.5, 0.6) is 5.75 Å². The molecule has 0 bridgehead atoms. The zero-order valence-electron chi connectivity index (χ0n) is 19.5. The fourth-order valence-corrected chi connectivity index (χ4v) is 3.98. The van der Waals surface area contributed by atoms with E-state index in [4.69, 9.17) is 4.74 Å². The van der Waals surface area contributed by atoms with Gasteiger partial charge in [-0.1, -0.05) is 103 Å². The second kappa shape index (κ2) is 11.7. The van der Waals surface area contributed by atoms with E-state index >= 15 is 0 Å². The summed E-state index contributed by atoms with van der Waals surface area (Å²) in [4.78, 5) is 15.3. The second-order valence-electron chi connectivity index (χ2n) is 7.93. The predicted octanol–water partition coefficient (Wildman–Crippen LogP) is 7.17. The van der Waals surface area contributed by atoms with Gasteiger partial charge in [0.1, 0.15) is 11.6 Å².